The van der Waals surface area contributed by atoms with Crippen LogP contribution in [0, 0.1) is 0 Å². The second-order valence-electron chi connectivity index (χ2n) is 1.67. The van der Waals surface area contributed by atoms with Crippen LogP contribution in [0.2, 0.25) is 0 Å². The number of rotatable bonds is 1. The molecular weight excluding hydrogens is 139 g/mol. The van der Waals surface area contributed by atoms with Crippen molar-refractivity contribution in [1.82, 2.24) is 0 Å². The van der Waals surface area contributed by atoms with Gasteiger partial charge in [-0.3, -0.25) is 0 Å². The average Bonchev–Trinajstić information content (AvgIpc) is 1.90. The summed E-state index contributed by atoms with van der Waals surface area (Å²) in [6.07, 6.45) is 0. The summed E-state index contributed by atoms with van der Waals surface area (Å²) >= 11 is 0. The van der Waals surface area contributed by atoms with Gasteiger partial charge in [0.25, 0.3) is 0 Å². The zero-order valence-corrected chi connectivity index (χ0v) is 6.24. The van der Waals surface area contributed by atoms with Gasteiger partial charge in [-0.05, 0) is 12.1 Å². The second kappa shape index (κ2) is 5.99. The monoisotopic (exact) mass is 148 g/mol. The fourth-order valence-electron chi connectivity index (χ4n) is 0.581. The maximum atomic E-state index is 10.2. The molecule has 0 aromatic heterocycles. The minimum Gasteiger partial charge on any atom is -1.00 e. The van der Waals surface area contributed by atoms with Crippen LogP contribution in [0.1, 0.15) is 11.8 Å². The van der Waals surface area contributed by atoms with Gasteiger partial charge in [0.1, 0.15) is 0 Å². The molecule has 0 bridgehead atoms. The SMILES string of the molecule is O.O=C(O)c1ccccc1.[H-].[Li+]. The number of carboxylic acids is 1. The molecule has 0 spiro atoms. The Morgan fingerprint density at radius 2 is 1.73 bits per heavy atom. The molecule has 0 aliphatic heterocycles. The molecular formula is C7H9LiO3. The van der Waals surface area contributed by atoms with Crippen LogP contribution in [0.3, 0.4) is 0 Å². The van der Waals surface area contributed by atoms with Crippen LogP contribution < -0.4 is 18.9 Å². The van der Waals surface area contributed by atoms with Gasteiger partial charge in [0, 0.05) is 0 Å². The molecule has 1 aromatic carbocycles. The molecule has 0 saturated carbocycles. The van der Waals surface area contributed by atoms with Crippen LogP contribution in [-0.4, -0.2) is 16.6 Å². The molecule has 4 heteroatoms. The summed E-state index contributed by atoms with van der Waals surface area (Å²) in [6.45, 7) is 0. The van der Waals surface area contributed by atoms with Gasteiger partial charge < -0.3 is 12.0 Å². The van der Waals surface area contributed by atoms with Gasteiger partial charge in [0.05, 0.1) is 5.56 Å². The van der Waals surface area contributed by atoms with E-state index in [0.717, 1.165) is 0 Å². The minimum absolute atomic E-state index is 0. The average molecular weight is 148 g/mol. The smallest absolute Gasteiger partial charge is 1.00 e. The summed E-state index contributed by atoms with van der Waals surface area (Å²) in [4.78, 5) is 10.2. The molecule has 0 aliphatic rings. The molecule has 0 heterocycles. The largest absolute Gasteiger partial charge is 1.00 e. The number of carbonyl (C=O) groups is 1. The summed E-state index contributed by atoms with van der Waals surface area (Å²) in [5.41, 5.74) is 0.331. The maximum absolute atomic E-state index is 10.2. The van der Waals surface area contributed by atoms with Crippen LogP contribution in [0.15, 0.2) is 30.3 Å². The number of carboxylic acid groups (broad SMARTS) is 1. The van der Waals surface area contributed by atoms with Gasteiger partial charge in [-0.15, -0.1) is 0 Å². The van der Waals surface area contributed by atoms with Gasteiger partial charge in [-0.2, -0.15) is 0 Å². The Kier molecular flexibility index (Phi) is 7.02. The number of hydrogen-bond acceptors (Lipinski definition) is 1. The van der Waals surface area contributed by atoms with Crippen molar-refractivity contribution >= 4 is 5.97 Å². The van der Waals surface area contributed by atoms with Crippen molar-refractivity contribution in [2.75, 3.05) is 0 Å². The molecule has 3 nitrogen and oxygen atoms in total. The van der Waals surface area contributed by atoms with Crippen LogP contribution in [0.5, 0.6) is 0 Å². The van der Waals surface area contributed by atoms with E-state index in [1.54, 1.807) is 30.3 Å². The van der Waals surface area contributed by atoms with E-state index in [0.29, 0.717) is 5.56 Å². The zero-order chi connectivity index (χ0) is 6.69. The Morgan fingerprint density at radius 1 is 1.27 bits per heavy atom. The first-order chi connectivity index (χ1) is 4.30. The van der Waals surface area contributed by atoms with Gasteiger partial charge in [-0.1, -0.05) is 18.2 Å². The fraction of sp³-hybridized carbons (Fsp3) is 0. The molecule has 0 amide bonds. The van der Waals surface area contributed by atoms with E-state index >= 15 is 0 Å². The van der Waals surface area contributed by atoms with Crippen LogP contribution in [0.25, 0.3) is 0 Å². The molecule has 11 heavy (non-hydrogen) atoms. The standard InChI is InChI=1S/C7H6O2.Li.H2O.H/c8-7(9)6-4-2-1-3-5-6;;;/h1-5H,(H,8,9);;1H2;/q;+1;;-1. The minimum atomic E-state index is -0.879. The summed E-state index contributed by atoms with van der Waals surface area (Å²) in [5, 5.41) is 8.38. The van der Waals surface area contributed by atoms with Gasteiger partial charge >= 0.3 is 24.8 Å². The third kappa shape index (κ3) is 3.84. The van der Waals surface area contributed by atoms with Crippen molar-refractivity contribution in [3.05, 3.63) is 35.9 Å². The zero-order valence-electron chi connectivity index (χ0n) is 7.24. The van der Waals surface area contributed by atoms with E-state index in [9.17, 15) is 4.79 Å². The number of benzene rings is 1. The van der Waals surface area contributed by atoms with Crippen molar-refractivity contribution in [3.63, 3.8) is 0 Å². The summed E-state index contributed by atoms with van der Waals surface area (Å²) in [5.74, 6) is -0.879. The first-order valence-corrected chi connectivity index (χ1v) is 2.59. The maximum Gasteiger partial charge on any atom is 1.00 e. The van der Waals surface area contributed by atoms with Crippen molar-refractivity contribution in [3.8, 4) is 0 Å². The molecule has 0 fully saturated rings. The summed E-state index contributed by atoms with van der Waals surface area (Å²) in [6, 6.07) is 8.30. The number of hydrogen-bond donors (Lipinski definition) is 1. The first kappa shape index (κ1) is 12.9. The van der Waals surface area contributed by atoms with Gasteiger partial charge in [0.15, 0.2) is 0 Å². The second-order valence-corrected chi connectivity index (χ2v) is 1.67. The fourth-order valence-corrected chi connectivity index (χ4v) is 0.581. The first-order valence-electron chi connectivity index (χ1n) is 2.59. The van der Waals surface area contributed by atoms with Crippen molar-refractivity contribution in [1.29, 1.82) is 0 Å². The molecule has 0 unspecified atom stereocenters. The summed E-state index contributed by atoms with van der Waals surface area (Å²) < 4.78 is 0. The van der Waals surface area contributed by atoms with Crippen molar-refractivity contribution in [2.45, 2.75) is 0 Å². The molecule has 0 radical (unpaired) electrons. The van der Waals surface area contributed by atoms with E-state index in [1.807, 2.05) is 0 Å². The number of aromatic carboxylic acids is 1. The normalized spacial score (nSPS) is 7.27. The molecule has 3 N–H and O–H groups in total. The topological polar surface area (TPSA) is 68.8 Å². The van der Waals surface area contributed by atoms with E-state index in [-0.39, 0.29) is 25.8 Å². The third-order valence-electron chi connectivity index (χ3n) is 1.02. The van der Waals surface area contributed by atoms with E-state index in [4.69, 9.17) is 5.11 Å². The molecule has 1 rings (SSSR count). The third-order valence-corrected chi connectivity index (χ3v) is 1.02. The Bertz CT molecular complexity index is 215. The Balaban J connectivity index is -0.000000270. The van der Waals surface area contributed by atoms with Crippen molar-refractivity contribution in [2.24, 2.45) is 0 Å². The molecule has 0 aliphatic carbocycles. The predicted molar refractivity (Wildman–Crippen MR) is 38.1 cm³/mol. The van der Waals surface area contributed by atoms with E-state index in [2.05, 4.69) is 0 Å². The quantitative estimate of drug-likeness (QED) is 0.454. The van der Waals surface area contributed by atoms with Gasteiger partial charge in [0.2, 0.25) is 0 Å². The molecule has 0 atom stereocenters. The van der Waals surface area contributed by atoms with Crippen LogP contribution in [0.4, 0.5) is 0 Å². The van der Waals surface area contributed by atoms with Crippen LogP contribution >= 0.6 is 0 Å². The van der Waals surface area contributed by atoms with E-state index in [1.165, 1.54) is 0 Å². The molecule has 0 saturated heterocycles. The molecule has 56 valence electrons. The summed E-state index contributed by atoms with van der Waals surface area (Å²) in [7, 11) is 0. The molecule has 1 aromatic rings. The van der Waals surface area contributed by atoms with Crippen LogP contribution in [-0.2, 0) is 0 Å². The Labute approximate surface area is 78.0 Å². The Morgan fingerprint density at radius 3 is 2.00 bits per heavy atom. The van der Waals surface area contributed by atoms with Crippen molar-refractivity contribution < 1.29 is 35.7 Å². The van der Waals surface area contributed by atoms with Gasteiger partial charge in [-0.25, -0.2) is 4.79 Å². The predicted octanol–water partition coefficient (Wildman–Crippen LogP) is -2.32. The van der Waals surface area contributed by atoms with E-state index < -0.39 is 5.97 Å². The Hall–Kier alpha value is -0.753.